The Labute approximate surface area is 146 Å². The van der Waals surface area contributed by atoms with Crippen LogP contribution in [0.3, 0.4) is 0 Å². The van der Waals surface area contributed by atoms with Crippen LogP contribution in [-0.4, -0.2) is 24.3 Å². The van der Waals surface area contributed by atoms with Crippen LogP contribution in [0, 0.1) is 0 Å². The normalized spacial score (nSPS) is 10.6. The van der Waals surface area contributed by atoms with E-state index >= 15 is 0 Å². The summed E-state index contributed by atoms with van der Waals surface area (Å²) >= 11 is 0. The lowest BCUT2D eigenvalue weighted by Gasteiger charge is -2.09. The maximum absolute atomic E-state index is 10.6. The molecular weight excluding hydrogens is 316 g/mol. The highest BCUT2D eigenvalue weighted by Gasteiger charge is 2.01. The minimum absolute atomic E-state index is 0.139. The topological polar surface area (TPSA) is 55.8 Å². The molecule has 0 atom stereocenters. The summed E-state index contributed by atoms with van der Waals surface area (Å²) in [4.78, 5) is 10.6. The Morgan fingerprint density at radius 3 is 2.16 bits per heavy atom. The van der Waals surface area contributed by atoms with Crippen molar-refractivity contribution in [2.75, 3.05) is 13.2 Å². The van der Waals surface area contributed by atoms with Gasteiger partial charge in [-0.05, 0) is 47.0 Å². The second kappa shape index (κ2) is 8.20. The van der Waals surface area contributed by atoms with Gasteiger partial charge in [0.15, 0.2) is 0 Å². The van der Waals surface area contributed by atoms with Gasteiger partial charge in [-0.2, -0.15) is 0 Å². The molecule has 0 heterocycles. The Hall–Kier alpha value is -3.01. The fourth-order valence-electron chi connectivity index (χ4n) is 2.58. The number of aryl methyl sites for hydroxylation is 1. The Morgan fingerprint density at radius 2 is 1.44 bits per heavy atom. The minimum Gasteiger partial charge on any atom is -0.490 e. The quantitative estimate of drug-likeness (QED) is 0.623. The summed E-state index contributed by atoms with van der Waals surface area (Å²) in [5.74, 6) is 0.790. The van der Waals surface area contributed by atoms with E-state index in [2.05, 4.69) is 12.1 Å². The van der Waals surface area contributed by atoms with Crippen molar-refractivity contribution in [1.82, 2.24) is 0 Å². The molecular formula is C21H20O4. The van der Waals surface area contributed by atoms with Gasteiger partial charge in [0, 0.05) is 6.42 Å². The van der Waals surface area contributed by atoms with Gasteiger partial charge >= 0.3 is 5.97 Å². The van der Waals surface area contributed by atoms with E-state index in [1.807, 2.05) is 54.6 Å². The highest BCUT2D eigenvalue weighted by molar-refractivity contribution is 5.83. The van der Waals surface area contributed by atoms with E-state index in [4.69, 9.17) is 14.6 Å². The molecule has 0 saturated heterocycles. The number of rotatable bonds is 8. The summed E-state index contributed by atoms with van der Waals surface area (Å²) in [6, 6.07) is 21.7. The zero-order chi connectivity index (χ0) is 17.5. The first-order valence-corrected chi connectivity index (χ1v) is 8.26. The largest absolute Gasteiger partial charge is 0.490 e. The molecule has 0 spiro atoms. The van der Waals surface area contributed by atoms with Crippen LogP contribution in [0.25, 0.3) is 10.8 Å². The van der Waals surface area contributed by atoms with E-state index in [0.717, 1.165) is 22.4 Å². The van der Waals surface area contributed by atoms with Gasteiger partial charge in [-0.25, -0.2) is 0 Å². The summed E-state index contributed by atoms with van der Waals surface area (Å²) in [5, 5.41) is 11.0. The van der Waals surface area contributed by atoms with Gasteiger partial charge in [0.05, 0.1) is 0 Å². The third-order valence-electron chi connectivity index (χ3n) is 3.89. The monoisotopic (exact) mass is 336 g/mol. The molecule has 0 radical (unpaired) electrons. The van der Waals surface area contributed by atoms with Gasteiger partial charge < -0.3 is 14.6 Å². The van der Waals surface area contributed by atoms with Crippen molar-refractivity contribution in [3.63, 3.8) is 0 Å². The first-order chi connectivity index (χ1) is 12.2. The lowest BCUT2D eigenvalue weighted by molar-refractivity contribution is -0.136. The number of hydrogen-bond acceptors (Lipinski definition) is 3. The van der Waals surface area contributed by atoms with Crippen LogP contribution in [0.15, 0.2) is 66.7 Å². The van der Waals surface area contributed by atoms with Crippen LogP contribution in [-0.2, 0) is 11.2 Å². The zero-order valence-corrected chi connectivity index (χ0v) is 13.9. The number of aliphatic carboxylic acids is 1. The lowest BCUT2D eigenvalue weighted by Crippen LogP contribution is -2.09. The molecule has 0 unspecified atom stereocenters. The van der Waals surface area contributed by atoms with Crippen molar-refractivity contribution in [2.24, 2.45) is 0 Å². The summed E-state index contributed by atoms with van der Waals surface area (Å²) in [6.07, 6.45) is 0.667. The smallest absolute Gasteiger partial charge is 0.303 e. The highest BCUT2D eigenvalue weighted by atomic mass is 16.5. The summed E-state index contributed by atoms with van der Waals surface area (Å²) in [5.41, 5.74) is 0.988. The molecule has 0 aromatic heterocycles. The third kappa shape index (κ3) is 4.98. The van der Waals surface area contributed by atoms with E-state index in [1.54, 1.807) is 0 Å². The van der Waals surface area contributed by atoms with Gasteiger partial charge in [0.2, 0.25) is 0 Å². The molecule has 0 aliphatic carbocycles. The maximum atomic E-state index is 10.6. The molecule has 4 heteroatoms. The molecule has 0 fully saturated rings. The second-order valence-electron chi connectivity index (χ2n) is 5.74. The molecule has 3 aromatic carbocycles. The second-order valence-corrected chi connectivity index (χ2v) is 5.74. The first-order valence-electron chi connectivity index (χ1n) is 8.26. The van der Waals surface area contributed by atoms with Gasteiger partial charge in [0.25, 0.3) is 0 Å². The maximum Gasteiger partial charge on any atom is 0.303 e. The average molecular weight is 336 g/mol. The molecule has 3 rings (SSSR count). The summed E-state index contributed by atoms with van der Waals surface area (Å²) < 4.78 is 11.4. The number of fused-ring (bicyclic) bond motifs is 1. The highest BCUT2D eigenvalue weighted by Crippen LogP contribution is 2.20. The predicted octanol–water partition coefficient (Wildman–Crippen LogP) is 4.31. The molecule has 0 aliphatic heterocycles. The molecule has 0 amide bonds. The van der Waals surface area contributed by atoms with Crippen LogP contribution >= 0.6 is 0 Å². The van der Waals surface area contributed by atoms with Gasteiger partial charge in [-0.1, -0.05) is 42.5 Å². The third-order valence-corrected chi connectivity index (χ3v) is 3.89. The predicted molar refractivity (Wildman–Crippen MR) is 97.3 cm³/mol. The Kier molecular flexibility index (Phi) is 5.52. The zero-order valence-electron chi connectivity index (χ0n) is 13.9. The molecule has 4 nitrogen and oxygen atoms in total. The number of carbonyl (C=O) groups is 1. The number of hydrogen-bond donors (Lipinski definition) is 1. The van der Waals surface area contributed by atoms with Gasteiger partial charge in [0.1, 0.15) is 24.7 Å². The van der Waals surface area contributed by atoms with E-state index < -0.39 is 5.97 Å². The van der Waals surface area contributed by atoms with E-state index in [1.165, 1.54) is 5.39 Å². The number of benzene rings is 3. The average Bonchev–Trinajstić information content (AvgIpc) is 2.64. The van der Waals surface area contributed by atoms with E-state index in [0.29, 0.717) is 19.6 Å². The van der Waals surface area contributed by atoms with E-state index in [9.17, 15) is 4.79 Å². The molecule has 1 N–H and O–H groups in total. The van der Waals surface area contributed by atoms with Crippen LogP contribution in [0.2, 0.25) is 0 Å². The first kappa shape index (κ1) is 16.8. The fraction of sp³-hybridized carbons (Fsp3) is 0.190. The van der Waals surface area contributed by atoms with Gasteiger partial charge in [-0.3, -0.25) is 4.79 Å². The van der Waals surface area contributed by atoms with Crippen LogP contribution in [0.4, 0.5) is 0 Å². The lowest BCUT2D eigenvalue weighted by atomic mass is 10.1. The summed E-state index contributed by atoms with van der Waals surface area (Å²) in [6.45, 7) is 0.903. The molecule has 0 saturated carbocycles. The molecule has 3 aromatic rings. The van der Waals surface area contributed by atoms with Crippen molar-refractivity contribution in [1.29, 1.82) is 0 Å². The number of carboxylic acid groups (broad SMARTS) is 1. The molecule has 0 aliphatic rings. The Balaban J connectivity index is 1.45. The van der Waals surface area contributed by atoms with Crippen molar-refractivity contribution < 1.29 is 19.4 Å². The molecule has 25 heavy (non-hydrogen) atoms. The Bertz CT molecular complexity index is 840. The number of ether oxygens (including phenoxy) is 2. The van der Waals surface area contributed by atoms with E-state index in [-0.39, 0.29) is 6.42 Å². The van der Waals surface area contributed by atoms with Crippen LogP contribution < -0.4 is 9.47 Å². The fourth-order valence-corrected chi connectivity index (χ4v) is 2.58. The van der Waals surface area contributed by atoms with Crippen molar-refractivity contribution in [3.8, 4) is 11.5 Å². The summed E-state index contributed by atoms with van der Waals surface area (Å²) in [7, 11) is 0. The molecule has 128 valence electrons. The van der Waals surface area contributed by atoms with Crippen molar-refractivity contribution in [2.45, 2.75) is 12.8 Å². The SMILES string of the molecule is O=C(O)CCc1ccc(OCCOc2ccc3ccccc3c2)cc1. The van der Waals surface area contributed by atoms with Crippen molar-refractivity contribution >= 4 is 16.7 Å². The van der Waals surface area contributed by atoms with Gasteiger partial charge in [-0.15, -0.1) is 0 Å². The standard InChI is InChI=1S/C21H20O4/c22-21(23)12-7-16-5-9-19(10-6-16)24-13-14-25-20-11-8-17-3-1-2-4-18(17)15-20/h1-6,8-11,15H,7,12-14H2,(H,22,23). The van der Waals surface area contributed by atoms with Crippen LogP contribution in [0.1, 0.15) is 12.0 Å². The molecule has 0 bridgehead atoms. The Morgan fingerprint density at radius 1 is 0.800 bits per heavy atom. The van der Waals surface area contributed by atoms with Crippen molar-refractivity contribution in [3.05, 3.63) is 72.3 Å². The number of carboxylic acids is 1. The van der Waals surface area contributed by atoms with Crippen LogP contribution in [0.5, 0.6) is 11.5 Å². The minimum atomic E-state index is -0.786.